The molecule has 0 aromatic heterocycles. The molecule has 3 heteroatoms. The van der Waals surface area contributed by atoms with E-state index in [4.69, 9.17) is 11.6 Å². The third-order valence-corrected chi connectivity index (χ3v) is 5.44. The Hall–Kier alpha value is -0.570. The predicted octanol–water partition coefficient (Wildman–Crippen LogP) is 3.15. The van der Waals surface area contributed by atoms with Crippen LogP contribution in [0.1, 0.15) is 42.9 Å². The normalized spacial score (nSPS) is 33.6. The summed E-state index contributed by atoms with van der Waals surface area (Å²) < 4.78 is 0. The lowest BCUT2D eigenvalue weighted by atomic mass is 10.0. The molecule has 2 saturated heterocycles. The molecule has 0 spiro atoms. The minimum absolute atomic E-state index is 0.554. The van der Waals surface area contributed by atoms with Crippen LogP contribution in [0.2, 0.25) is 5.02 Å². The zero-order valence-electron chi connectivity index (χ0n) is 11.2. The standard InChI is InChI=1S/C16H21ClN2/c17-12-4-5-13-11(10-12)3-6-14(13)18-15-7-9-19-8-1-2-16(15)19/h4-5,10,14-16,18H,1-3,6-9H2. The van der Waals surface area contributed by atoms with Crippen LogP contribution in [0.25, 0.3) is 0 Å². The summed E-state index contributed by atoms with van der Waals surface area (Å²) in [5, 5.41) is 4.82. The maximum absolute atomic E-state index is 6.09. The van der Waals surface area contributed by atoms with Gasteiger partial charge in [0.25, 0.3) is 0 Å². The topological polar surface area (TPSA) is 15.3 Å². The number of aryl methyl sites for hydroxylation is 1. The molecule has 4 rings (SSSR count). The molecule has 2 fully saturated rings. The quantitative estimate of drug-likeness (QED) is 0.893. The molecule has 3 unspecified atom stereocenters. The summed E-state index contributed by atoms with van der Waals surface area (Å²) >= 11 is 6.09. The molecule has 3 aliphatic rings. The fourth-order valence-electron chi connectivity index (χ4n) is 4.29. The monoisotopic (exact) mass is 276 g/mol. The van der Waals surface area contributed by atoms with Gasteiger partial charge in [-0.15, -0.1) is 0 Å². The molecule has 1 aliphatic carbocycles. The highest BCUT2D eigenvalue weighted by Crippen LogP contribution is 2.36. The van der Waals surface area contributed by atoms with Crippen LogP contribution in [-0.4, -0.2) is 30.1 Å². The molecule has 1 aromatic carbocycles. The molecule has 0 radical (unpaired) electrons. The lowest BCUT2D eigenvalue weighted by Crippen LogP contribution is -2.40. The highest BCUT2D eigenvalue weighted by atomic mass is 35.5. The molecular formula is C16H21ClN2. The van der Waals surface area contributed by atoms with Crippen LogP contribution in [0, 0.1) is 0 Å². The summed E-state index contributed by atoms with van der Waals surface area (Å²) in [5.74, 6) is 0. The largest absolute Gasteiger partial charge is 0.306 e. The van der Waals surface area contributed by atoms with Gasteiger partial charge in [-0.2, -0.15) is 0 Å². The summed E-state index contributed by atoms with van der Waals surface area (Å²) in [6.07, 6.45) is 6.51. The number of rotatable bonds is 2. The Morgan fingerprint density at radius 1 is 1.16 bits per heavy atom. The van der Waals surface area contributed by atoms with Crippen molar-refractivity contribution < 1.29 is 0 Å². The Bertz CT molecular complexity index is 488. The zero-order valence-corrected chi connectivity index (χ0v) is 12.0. The summed E-state index contributed by atoms with van der Waals surface area (Å²) in [5.41, 5.74) is 2.94. The Kier molecular flexibility index (Phi) is 3.06. The minimum Gasteiger partial charge on any atom is -0.306 e. The summed E-state index contributed by atoms with van der Waals surface area (Å²) in [4.78, 5) is 2.68. The lowest BCUT2D eigenvalue weighted by molar-refractivity contribution is 0.288. The molecule has 0 saturated carbocycles. The summed E-state index contributed by atoms with van der Waals surface area (Å²) in [6.45, 7) is 2.61. The summed E-state index contributed by atoms with van der Waals surface area (Å²) in [7, 11) is 0. The van der Waals surface area contributed by atoms with Crippen molar-refractivity contribution in [2.75, 3.05) is 13.1 Å². The molecule has 102 valence electrons. The molecule has 3 atom stereocenters. The molecule has 2 aliphatic heterocycles. The van der Waals surface area contributed by atoms with E-state index < -0.39 is 0 Å². The van der Waals surface area contributed by atoms with Gasteiger partial charge in [-0.05, 0) is 61.9 Å². The molecule has 2 heterocycles. The maximum atomic E-state index is 6.09. The second-order valence-corrected chi connectivity index (χ2v) is 6.68. The van der Waals surface area contributed by atoms with Crippen molar-refractivity contribution in [1.82, 2.24) is 10.2 Å². The number of nitrogens with zero attached hydrogens (tertiary/aromatic N) is 1. The van der Waals surface area contributed by atoms with Crippen molar-refractivity contribution in [2.24, 2.45) is 0 Å². The van der Waals surface area contributed by atoms with E-state index in [1.165, 1.54) is 56.3 Å². The van der Waals surface area contributed by atoms with Crippen LogP contribution < -0.4 is 5.32 Å². The van der Waals surface area contributed by atoms with E-state index in [2.05, 4.69) is 22.3 Å². The first-order chi connectivity index (χ1) is 9.31. The fourth-order valence-corrected chi connectivity index (χ4v) is 4.49. The molecule has 0 amide bonds. The Morgan fingerprint density at radius 2 is 2.11 bits per heavy atom. The predicted molar refractivity (Wildman–Crippen MR) is 78.6 cm³/mol. The van der Waals surface area contributed by atoms with Gasteiger partial charge in [0.05, 0.1) is 0 Å². The van der Waals surface area contributed by atoms with Crippen LogP contribution in [0.5, 0.6) is 0 Å². The first-order valence-electron chi connectivity index (χ1n) is 7.60. The third kappa shape index (κ3) is 2.10. The van der Waals surface area contributed by atoms with Gasteiger partial charge in [-0.1, -0.05) is 17.7 Å². The average Bonchev–Trinajstić information content (AvgIpc) is 3.07. The Morgan fingerprint density at radius 3 is 3.05 bits per heavy atom. The molecule has 0 bridgehead atoms. The van der Waals surface area contributed by atoms with Crippen molar-refractivity contribution in [3.8, 4) is 0 Å². The van der Waals surface area contributed by atoms with Crippen molar-refractivity contribution >= 4 is 11.6 Å². The molecule has 1 aromatic rings. The number of halogens is 1. The van der Waals surface area contributed by atoms with Gasteiger partial charge < -0.3 is 5.32 Å². The SMILES string of the molecule is Clc1ccc2c(c1)CCC2NC1CCN2CCCC12. The second kappa shape index (κ2) is 4.76. The fraction of sp³-hybridized carbons (Fsp3) is 0.625. The van der Waals surface area contributed by atoms with Gasteiger partial charge in [0.2, 0.25) is 0 Å². The van der Waals surface area contributed by atoms with Gasteiger partial charge in [0, 0.05) is 29.7 Å². The number of hydrogen-bond acceptors (Lipinski definition) is 2. The van der Waals surface area contributed by atoms with Gasteiger partial charge in [-0.25, -0.2) is 0 Å². The van der Waals surface area contributed by atoms with Crippen LogP contribution in [0.3, 0.4) is 0 Å². The minimum atomic E-state index is 0.554. The van der Waals surface area contributed by atoms with Crippen LogP contribution >= 0.6 is 11.6 Å². The van der Waals surface area contributed by atoms with Crippen molar-refractivity contribution in [3.63, 3.8) is 0 Å². The summed E-state index contributed by atoms with van der Waals surface area (Å²) in [6, 6.07) is 8.47. The van der Waals surface area contributed by atoms with Crippen molar-refractivity contribution in [3.05, 3.63) is 34.3 Å². The molecule has 1 N–H and O–H groups in total. The van der Waals surface area contributed by atoms with Crippen LogP contribution in [-0.2, 0) is 6.42 Å². The number of fused-ring (bicyclic) bond motifs is 2. The second-order valence-electron chi connectivity index (χ2n) is 6.24. The van der Waals surface area contributed by atoms with Gasteiger partial charge in [0.15, 0.2) is 0 Å². The number of hydrogen-bond donors (Lipinski definition) is 1. The van der Waals surface area contributed by atoms with E-state index in [-0.39, 0.29) is 0 Å². The molecule has 2 nitrogen and oxygen atoms in total. The van der Waals surface area contributed by atoms with Crippen LogP contribution in [0.15, 0.2) is 18.2 Å². The molecular weight excluding hydrogens is 256 g/mol. The van der Waals surface area contributed by atoms with Gasteiger partial charge in [0.1, 0.15) is 0 Å². The van der Waals surface area contributed by atoms with E-state index in [1.807, 2.05) is 6.07 Å². The van der Waals surface area contributed by atoms with E-state index >= 15 is 0 Å². The van der Waals surface area contributed by atoms with E-state index in [1.54, 1.807) is 0 Å². The zero-order chi connectivity index (χ0) is 12.8. The van der Waals surface area contributed by atoms with Gasteiger partial charge in [-0.3, -0.25) is 4.90 Å². The molecule has 19 heavy (non-hydrogen) atoms. The Balaban J connectivity index is 1.50. The lowest BCUT2D eigenvalue weighted by Gasteiger charge is -2.25. The van der Waals surface area contributed by atoms with Gasteiger partial charge >= 0.3 is 0 Å². The average molecular weight is 277 g/mol. The first-order valence-corrected chi connectivity index (χ1v) is 7.97. The smallest absolute Gasteiger partial charge is 0.0408 e. The van der Waals surface area contributed by atoms with E-state index in [0.717, 1.165) is 11.1 Å². The van der Waals surface area contributed by atoms with Crippen molar-refractivity contribution in [1.29, 1.82) is 0 Å². The first kappa shape index (κ1) is 12.2. The van der Waals surface area contributed by atoms with E-state index in [0.29, 0.717) is 12.1 Å². The highest BCUT2D eigenvalue weighted by Gasteiger charge is 2.38. The van der Waals surface area contributed by atoms with E-state index in [9.17, 15) is 0 Å². The number of nitrogens with one attached hydrogen (secondary N) is 1. The number of benzene rings is 1. The highest BCUT2D eigenvalue weighted by molar-refractivity contribution is 6.30. The van der Waals surface area contributed by atoms with Crippen molar-refractivity contribution in [2.45, 2.75) is 50.2 Å². The van der Waals surface area contributed by atoms with Crippen LogP contribution in [0.4, 0.5) is 0 Å². The Labute approximate surface area is 120 Å². The third-order valence-electron chi connectivity index (χ3n) is 5.20. The maximum Gasteiger partial charge on any atom is 0.0408 e.